The van der Waals surface area contributed by atoms with E-state index in [2.05, 4.69) is 55.5 Å². The second-order valence-electron chi connectivity index (χ2n) is 7.88. The van der Waals surface area contributed by atoms with Gasteiger partial charge in [0.2, 0.25) is 0 Å². The molecule has 3 rings (SSSR count). The van der Waals surface area contributed by atoms with Crippen LogP contribution in [0.15, 0.2) is 60.7 Å². The summed E-state index contributed by atoms with van der Waals surface area (Å²) in [5.74, 6) is 1.19. The molecule has 0 radical (unpaired) electrons. The lowest BCUT2D eigenvalue weighted by Crippen LogP contribution is -2.00. The molecular weight excluding hydrogens is 384 g/mol. The van der Waals surface area contributed by atoms with E-state index in [0.717, 1.165) is 29.9 Å². The number of rotatable bonds is 11. The molecule has 0 aliphatic heterocycles. The molecule has 0 aliphatic rings. The maximum atomic E-state index is 11.0. The van der Waals surface area contributed by atoms with Crippen molar-refractivity contribution in [3.8, 4) is 11.5 Å². The Morgan fingerprint density at radius 1 is 0.742 bits per heavy atom. The Balaban J connectivity index is 1.54. The maximum Gasteiger partial charge on any atom is 0.308 e. The fraction of sp³-hybridized carbons (Fsp3) is 0.321. The predicted molar refractivity (Wildman–Crippen MR) is 129 cm³/mol. The van der Waals surface area contributed by atoms with Crippen LogP contribution in [0, 0.1) is 0 Å². The number of carbonyl (C=O) groups is 1. The van der Waals surface area contributed by atoms with Crippen molar-refractivity contribution in [3.05, 3.63) is 71.8 Å². The van der Waals surface area contributed by atoms with Crippen LogP contribution < -0.4 is 9.47 Å². The van der Waals surface area contributed by atoms with Gasteiger partial charge in [0.1, 0.15) is 11.5 Å². The lowest BCUT2D eigenvalue weighted by atomic mass is 10.1. The van der Waals surface area contributed by atoms with Gasteiger partial charge in [-0.15, -0.1) is 0 Å². The van der Waals surface area contributed by atoms with Crippen molar-refractivity contribution in [1.82, 2.24) is 0 Å². The highest BCUT2D eigenvalue weighted by molar-refractivity contribution is 5.87. The first-order valence-electron chi connectivity index (χ1n) is 11.3. The number of esters is 1. The highest BCUT2D eigenvalue weighted by Crippen LogP contribution is 2.23. The quantitative estimate of drug-likeness (QED) is 0.139. The van der Waals surface area contributed by atoms with E-state index in [0.29, 0.717) is 5.75 Å². The minimum Gasteiger partial charge on any atom is -0.494 e. The van der Waals surface area contributed by atoms with Crippen LogP contribution in [0.1, 0.15) is 63.5 Å². The number of fused-ring (bicyclic) bond motifs is 1. The van der Waals surface area contributed by atoms with Gasteiger partial charge in [0.15, 0.2) is 0 Å². The predicted octanol–water partition coefficient (Wildman–Crippen LogP) is 7.67. The summed E-state index contributed by atoms with van der Waals surface area (Å²) in [4.78, 5) is 11.0. The average molecular weight is 417 g/mol. The van der Waals surface area contributed by atoms with Gasteiger partial charge in [-0.1, -0.05) is 81.5 Å². The van der Waals surface area contributed by atoms with Gasteiger partial charge < -0.3 is 9.47 Å². The zero-order chi connectivity index (χ0) is 21.9. The van der Waals surface area contributed by atoms with Crippen molar-refractivity contribution in [2.24, 2.45) is 0 Å². The summed E-state index contributed by atoms with van der Waals surface area (Å²) in [5.41, 5.74) is 2.19. The molecule has 3 heteroatoms. The van der Waals surface area contributed by atoms with E-state index < -0.39 is 0 Å². The molecule has 3 aromatic carbocycles. The molecular formula is C28H32O3. The van der Waals surface area contributed by atoms with Crippen LogP contribution in [-0.2, 0) is 4.79 Å². The SMILES string of the molecule is CCCCCCCCOc1ccc2cc(/C=C/c3ccc(OC(C)=O)cc3)ccc2c1. The fourth-order valence-corrected chi connectivity index (χ4v) is 3.51. The number of hydrogen-bond donors (Lipinski definition) is 0. The lowest BCUT2D eigenvalue weighted by molar-refractivity contribution is -0.131. The van der Waals surface area contributed by atoms with Crippen LogP contribution in [0.2, 0.25) is 0 Å². The molecule has 0 fully saturated rings. The minimum atomic E-state index is -0.310. The van der Waals surface area contributed by atoms with E-state index in [-0.39, 0.29) is 5.97 Å². The van der Waals surface area contributed by atoms with E-state index in [1.807, 2.05) is 12.1 Å². The number of hydrogen-bond acceptors (Lipinski definition) is 3. The average Bonchev–Trinajstić information content (AvgIpc) is 2.77. The van der Waals surface area contributed by atoms with Crippen molar-refractivity contribution >= 4 is 28.9 Å². The van der Waals surface area contributed by atoms with E-state index in [1.54, 1.807) is 12.1 Å². The summed E-state index contributed by atoms with van der Waals surface area (Å²) in [6.45, 7) is 4.43. The molecule has 162 valence electrons. The van der Waals surface area contributed by atoms with Crippen molar-refractivity contribution in [3.63, 3.8) is 0 Å². The highest BCUT2D eigenvalue weighted by atomic mass is 16.5. The normalized spacial score (nSPS) is 11.2. The van der Waals surface area contributed by atoms with E-state index in [4.69, 9.17) is 9.47 Å². The fourth-order valence-electron chi connectivity index (χ4n) is 3.51. The van der Waals surface area contributed by atoms with Crippen LogP contribution in [0.5, 0.6) is 11.5 Å². The highest BCUT2D eigenvalue weighted by Gasteiger charge is 2.00. The Hall–Kier alpha value is -3.07. The van der Waals surface area contributed by atoms with Crippen LogP contribution >= 0.6 is 0 Å². The molecule has 3 nitrogen and oxygen atoms in total. The standard InChI is InChI=1S/C28H32O3/c1-3-4-5-6-7-8-19-30-28-18-15-25-20-24(11-14-26(25)21-28)10-9-23-12-16-27(17-13-23)31-22(2)29/h9-18,20-21H,3-8,19H2,1-2H3/b10-9+. The Kier molecular flexibility index (Phi) is 8.71. The Morgan fingerprint density at radius 3 is 2.13 bits per heavy atom. The largest absolute Gasteiger partial charge is 0.494 e. The Labute approximate surface area is 185 Å². The summed E-state index contributed by atoms with van der Waals surface area (Å²) >= 11 is 0. The topological polar surface area (TPSA) is 35.5 Å². The summed E-state index contributed by atoms with van der Waals surface area (Å²) in [7, 11) is 0. The van der Waals surface area contributed by atoms with Crippen molar-refractivity contribution in [2.75, 3.05) is 6.61 Å². The second kappa shape index (κ2) is 11.9. The molecule has 0 saturated carbocycles. The summed E-state index contributed by atoms with van der Waals surface area (Å²) in [6.07, 6.45) is 11.8. The lowest BCUT2D eigenvalue weighted by Gasteiger charge is -2.08. The van der Waals surface area contributed by atoms with Gasteiger partial charge in [-0.3, -0.25) is 4.79 Å². The van der Waals surface area contributed by atoms with Gasteiger partial charge in [-0.2, -0.15) is 0 Å². The molecule has 0 saturated heterocycles. The zero-order valence-corrected chi connectivity index (χ0v) is 18.6. The molecule has 0 aliphatic carbocycles. The molecule has 31 heavy (non-hydrogen) atoms. The van der Waals surface area contributed by atoms with E-state index in [9.17, 15) is 4.79 Å². The first kappa shape index (κ1) is 22.6. The summed E-state index contributed by atoms with van der Waals surface area (Å²) in [5, 5.41) is 2.38. The van der Waals surface area contributed by atoms with Crippen molar-refractivity contribution in [1.29, 1.82) is 0 Å². The molecule has 0 spiro atoms. The first-order valence-corrected chi connectivity index (χ1v) is 11.3. The molecule has 0 aromatic heterocycles. The van der Waals surface area contributed by atoms with Gasteiger partial charge >= 0.3 is 5.97 Å². The smallest absolute Gasteiger partial charge is 0.308 e. The maximum absolute atomic E-state index is 11.0. The Bertz CT molecular complexity index is 1000. The summed E-state index contributed by atoms with van der Waals surface area (Å²) in [6, 6.07) is 20.2. The molecule has 0 amide bonds. The Morgan fingerprint density at radius 2 is 1.35 bits per heavy atom. The third-order valence-corrected chi connectivity index (χ3v) is 5.21. The molecule has 3 aromatic rings. The van der Waals surface area contributed by atoms with Crippen LogP contribution in [0.4, 0.5) is 0 Å². The van der Waals surface area contributed by atoms with Gasteiger partial charge in [0.05, 0.1) is 6.61 Å². The van der Waals surface area contributed by atoms with E-state index in [1.165, 1.54) is 49.8 Å². The third-order valence-electron chi connectivity index (χ3n) is 5.21. The van der Waals surface area contributed by atoms with Gasteiger partial charge in [-0.05, 0) is 58.7 Å². The van der Waals surface area contributed by atoms with E-state index >= 15 is 0 Å². The van der Waals surface area contributed by atoms with Gasteiger partial charge in [0.25, 0.3) is 0 Å². The van der Waals surface area contributed by atoms with Gasteiger partial charge in [-0.25, -0.2) is 0 Å². The van der Waals surface area contributed by atoms with Crippen LogP contribution in [0.25, 0.3) is 22.9 Å². The zero-order valence-electron chi connectivity index (χ0n) is 18.6. The van der Waals surface area contributed by atoms with Crippen LogP contribution in [0.3, 0.4) is 0 Å². The number of unbranched alkanes of at least 4 members (excludes halogenated alkanes) is 5. The van der Waals surface area contributed by atoms with Gasteiger partial charge in [0, 0.05) is 6.92 Å². The monoisotopic (exact) mass is 416 g/mol. The first-order chi connectivity index (χ1) is 15.1. The minimum absolute atomic E-state index is 0.310. The second-order valence-corrected chi connectivity index (χ2v) is 7.88. The molecule has 0 bridgehead atoms. The molecule has 0 N–H and O–H groups in total. The summed E-state index contributed by atoms with van der Waals surface area (Å²) < 4.78 is 11.0. The van der Waals surface area contributed by atoms with Crippen molar-refractivity contribution in [2.45, 2.75) is 52.4 Å². The van der Waals surface area contributed by atoms with Crippen LogP contribution in [-0.4, -0.2) is 12.6 Å². The number of ether oxygens (including phenoxy) is 2. The molecule has 0 atom stereocenters. The van der Waals surface area contributed by atoms with Crippen molar-refractivity contribution < 1.29 is 14.3 Å². The number of benzene rings is 3. The molecule has 0 heterocycles. The number of carbonyl (C=O) groups excluding carboxylic acids is 1. The third kappa shape index (κ3) is 7.60. The molecule has 0 unspecified atom stereocenters.